The molecule has 0 saturated carbocycles. The van der Waals surface area contributed by atoms with Crippen LogP contribution in [0.1, 0.15) is 133 Å². The van der Waals surface area contributed by atoms with Crippen LogP contribution in [-0.4, -0.2) is 112 Å². The third kappa shape index (κ3) is 17.2. The van der Waals surface area contributed by atoms with Gasteiger partial charge in [-0.1, -0.05) is 125 Å². The molecule has 4 atom stereocenters. The Morgan fingerprint density at radius 2 is 0.933 bits per heavy atom. The number of carbonyl (C=O) groups excluding carboxylic acids is 2. The van der Waals surface area contributed by atoms with Crippen molar-refractivity contribution in [2.75, 3.05) is 5.32 Å². The molecule has 89 heavy (non-hydrogen) atoms. The van der Waals surface area contributed by atoms with E-state index in [0.717, 1.165) is 56.2 Å². The summed E-state index contributed by atoms with van der Waals surface area (Å²) in [4.78, 5) is 41.6. The van der Waals surface area contributed by atoms with E-state index >= 15 is 0 Å². The molecule has 2 fully saturated rings. The van der Waals surface area contributed by atoms with E-state index in [-0.39, 0.29) is 98.1 Å². The first-order chi connectivity index (χ1) is 42.0. The van der Waals surface area contributed by atoms with E-state index in [9.17, 15) is 38.5 Å². The third-order valence-corrected chi connectivity index (χ3v) is 15.5. The molecule has 2 aliphatic rings. The molecular formula is C72H76CaF2N4O10. The number of amides is 1. The molecule has 0 radical (unpaired) electrons. The molecule has 4 heterocycles. The number of benzene rings is 6. The van der Waals surface area contributed by atoms with E-state index in [4.69, 9.17) is 18.9 Å². The first kappa shape index (κ1) is 67.6. The summed E-state index contributed by atoms with van der Waals surface area (Å²) in [5.74, 6) is -5.41. The second kappa shape index (κ2) is 30.0. The molecule has 14 nitrogen and oxygen atoms in total. The zero-order valence-corrected chi connectivity index (χ0v) is 53.9. The fraction of sp³-hybridized carbons (Fsp3) is 0.333. The van der Waals surface area contributed by atoms with Crippen molar-refractivity contribution < 1.29 is 57.4 Å². The van der Waals surface area contributed by atoms with Gasteiger partial charge in [0.1, 0.15) is 11.6 Å². The number of rotatable bonds is 20. The summed E-state index contributed by atoms with van der Waals surface area (Å²) in [6, 6.07) is 50.6. The molecule has 2 aromatic heterocycles. The molecule has 6 aromatic carbocycles. The summed E-state index contributed by atoms with van der Waals surface area (Å²) in [7, 11) is 0. The number of nitrogens with one attached hydrogen (secondary N) is 1. The Kier molecular flexibility index (Phi) is 22.8. The van der Waals surface area contributed by atoms with Crippen LogP contribution in [0.3, 0.4) is 0 Å². The summed E-state index contributed by atoms with van der Waals surface area (Å²) >= 11 is 0. The summed E-state index contributed by atoms with van der Waals surface area (Å²) in [6.45, 7) is 16.3. The van der Waals surface area contributed by atoms with Crippen molar-refractivity contribution >= 4 is 72.9 Å². The van der Waals surface area contributed by atoms with Gasteiger partial charge in [0.2, 0.25) is 0 Å². The molecule has 4 unspecified atom stereocenters. The molecule has 460 valence electrons. The Morgan fingerprint density at radius 3 is 1.35 bits per heavy atom. The van der Waals surface area contributed by atoms with Crippen LogP contribution >= 0.6 is 0 Å². The van der Waals surface area contributed by atoms with Crippen LogP contribution in [0.15, 0.2) is 175 Å². The van der Waals surface area contributed by atoms with Crippen LogP contribution < -0.4 is 15.5 Å². The number of halogens is 2. The summed E-state index contributed by atoms with van der Waals surface area (Å²) < 4.78 is 56.9. The Morgan fingerprint density at radius 1 is 0.551 bits per heavy atom. The number of aliphatic carboxylic acids is 2. The van der Waals surface area contributed by atoms with Gasteiger partial charge < -0.3 is 53.5 Å². The maximum atomic E-state index is 14.2. The number of hydrogen-bond acceptors (Lipinski definition) is 10. The van der Waals surface area contributed by atoms with Crippen molar-refractivity contribution in [2.45, 2.75) is 155 Å². The van der Waals surface area contributed by atoms with Crippen LogP contribution in [0, 0.1) is 11.6 Å². The maximum Gasteiger partial charge on any atom is 2.00 e. The van der Waals surface area contributed by atoms with Crippen molar-refractivity contribution in [3.63, 3.8) is 0 Å². The Bertz CT molecular complexity index is 3700. The summed E-state index contributed by atoms with van der Waals surface area (Å²) in [5, 5.41) is 38.1. The molecule has 2 N–H and O–H groups in total. The fourth-order valence-corrected chi connectivity index (χ4v) is 12.3. The molecule has 2 aliphatic heterocycles. The number of aromatic nitrogens is 2. The predicted octanol–water partition coefficient (Wildman–Crippen LogP) is 13.7. The van der Waals surface area contributed by atoms with Gasteiger partial charge in [0.15, 0.2) is 11.6 Å². The number of aliphatic imine (C=N–C) groups is 1. The first-order valence-corrected chi connectivity index (χ1v) is 30.0. The van der Waals surface area contributed by atoms with Gasteiger partial charge in [-0.25, -0.2) is 8.78 Å². The monoisotopic (exact) mass is 1230 g/mol. The fourth-order valence-electron chi connectivity index (χ4n) is 12.3. The topological polar surface area (TPSA) is 189 Å². The number of carboxylic acid groups (broad SMARTS) is 2. The van der Waals surface area contributed by atoms with E-state index in [1.807, 2.05) is 123 Å². The molecule has 0 spiro atoms. The van der Waals surface area contributed by atoms with Gasteiger partial charge in [0.25, 0.3) is 5.91 Å². The van der Waals surface area contributed by atoms with E-state index in [0.29, 0.717) is 61.3 Å². The zero-order valence-electron chi connectivity index (χ0n) is 51.7. The third-order valence-electron chi connectivity index (χ3n) is 15.5. The largest absolute Gasteiger partial charge is 2.00 e. The zero-order chi connectivity index (χ0) is 62.9. The van der Waals surface area contributed by atoms with E-state index in [1.165, 1.54) is 24.3 Å². The van der Waals surface area contributed by atoms with Crippen LogP contribution in [0.25, 0.3) is 44.8 Å². The number of para-hydroxylation sites is 2. The second-order valence-corrected chi connectivity index (χ2v) is 23.9. The molecular weight excluding hydrogens is 1160 g/mol. The van der Waals surface area contributed by atoms with E-state index in [1.54, 1.807) is 64.1 Å². The van der Waals surface area contributed by atoms with Gasteiger partial charge in [-0.05, 0) is 153 Å². The van der Waals surface area contributed by atoms with Crippen LogP contribution in [0.4, 0.5) is 20.2 Å². The standard InChI is InChI=1S/2C36H39FN2O5.Ca/c2*1-23(2)33-32(35(42)38-27-13-9-6-10-14-27)31(24-11-7-5-8-12-24)34(25-15-17-26(37)18-16-25)39(33)20-19-28-21-29(22-30(40)41)44-36(3,4)43-28;/h2*5-18,23,28-29H,19-22H2,1-4H3,(H,38,42)(H,40,41);/q;;+2/p-2. The van der Waals surface area contributed by atoms with Crippen molar-refractivity contribution in [2.24, 2.45) is 4.99 Å². The minimum Gasteiger partial charge on any atom is -0.858 e. The van der Waals surface area contributed by atoms with Crippen molar-refractivity contribution in [1.29, 1.82) is 0 Å². The van der Waals surface area contributed by atoms with Gasteiger partial charge >= 0.3 is 43.7 Å². The molecule has 0 aliphatic carbocycles. The Balaban J connectivity index is 0.000000228. The van der Waals surface area contributed by atoms with Gasteiger partial charge in [-0.3, -0.25) is 14.6 Å². The molecule has 0 bridgehead atoms. The van der Waals surface area contributed by atoms with Crippen LogP contribution in [-0.2, 0) is 41.6 Å². The normalized spacial score (nSPS) is 18.0. The van der Waals surface area contributed by atoms with Gasteiger partial charge in [-0.15, -0.1) is 0 Å². The second-order valence-electron chi connectivity index (χ2n) is 23.9. The Hall–Kier alpha value is -7.28. The average molecular weight is 1240 g/mol. The number of carboxylic acids is 2. The minimum atomic E-state index is -1.17. The number of ether oxygens (including phenoxy) is 4. The first-order valence-electron chi connectivity index (χ1n) is 30.0. The van der Waals surface area contributed by atoms with E-state index in [2.05, 4.69) is 33.3 Å². The minimum absolute atomic E-state index is 0. The quantitative estimate of drug-likeness (QED) is 0.0422. The van der Waals surface area contributed by atoms with Crippen molar-refractivity contribution in [3.8, 4) is 44.8 Å². The smallest absolute Gasteiger partial charge is 0.858 e. The van der Waals surface area contributed by atoms with Gasteiger partial charge in [-0.2, -0.15) is 0 Å². The molecule has 2 saturated heterocycles. The van der Waals surface area contributed by atoms with Crippen LogP contribution in [0.2, 0.25) is 0 Å². The van der Waals surface area contributed by atoms with Crippen molar-refractivity contribution in [1.82, 2.24) is 9.13 Å². The number of nitrogens with zero attached hydrogens (tertiary/aromatic N) is 3. The van der Waals surface area contributed by atoms with Gasteiger partial charge in [0.05, 0.1) is 53.5 Å². The van der Waals surface area contributed by atoms with Crippen LogP contribution in [0.5, 0.6) is 0 Å². The Labute approximate surface area is 549 Å². The van der Waals surface area contributed by atoms with E-state index < -0.39 is 35.7 Å². The van der Waals surface area contributed by atoms with Crippen molar-refractivity contribution in [3.05, 3.63) is 204 Å². The number of carbonyl (C=O) groups is 3. The SMILES string of the molecule is CC(C)c1c(C(=O)Nc2ccccc2)c(-c2ccccc2)c(-c2ccc(F)cc2)n1CCC1CC(CC(=O)O)OC(C)(C)O1.CC(C)c1c(C([O-])=Nc2ccccc2)c(-c2ccccc2)c(-c2ccc(F)cc2)n1CCC1CC(CC(=O)[O-])OC(C)(C)O1.[Ca+2]. The predicted molar refractivity (Wildman–Crippen MR) is 339 cm³/mol. The summed E-state index contributed by atoms with van der Waals surface area (Å²) in [6.07, 6.45) is -0.00524. The van der Waals surface area contributed by atoms with Gasteiger partial charge in [0, 0.05) is 72.1 Å². The molecule has 17 heteroatoms. The maximum absolute atomic E-state index is 14.2. The molecule has 10 rings (SSSR count). The number of hydrogen-bond donors (Lipinski definition) is 2. The number of anilines is 1. The average Bonchev–Trinajstić information content (AvgIpc) is 1.62. The molecule has 1 amide bonds. The molecule has 8 aromatic rings. The summed E-state index contributed by atoms with van der Waals surface area (Å²) in [5.41, 5.74) is 10.3.